The Hall–Kier alpha value is -9.74. The molecule has 0 aliphatic rings. The molecule has 10 aromatic rings. The van der Waals surface area contributed by atoms with Crippen LogP contribution in [0.4, 0.5) is 0 Å². The van der Waals surface area contributed by atoms with Crippen LogP contribution >= 0.6 is 0 Å². The third-order valence-electron chi connectivity index (χ3n) is 12.0. The molecule has 0 aliphatic heterocycles. The Morgan fingerprint density at radius 2 is 0.800 bits per heavy atom. The Kier molecular flexibility index (Phi) is 15.4. The third kappa shape index (κ3) is 12.5. The van der Waals surface area contributed by atoms with E-state index in [1.807, 2.05) is 182 Å². The predicted molar refractivity (Wildman–Crippen MR) is 286 cm³/mol. The van der Waals surface area contributed by atoms with Crippen molar-refractivity contribution in [2.24, 2.45) is 0 Å². The van der Waals surface area contributed by atoms with E-state index in [9.17, 15) is 14.7 Å². The van der Waals surface area contributed by atoms with Crippen molar-refractivity contribution in [3.63, 3.8) is 0 Å². The van der Waals surface area contributed by atoms with Crippen molar-refractivity contribution in [3.8, 4) is 57.3 Å². The van der Waals surface area contributed by atoms with Crippen LogP contribution in [0.2, 0.25) is 0 Å². The monoisotopic (exact) mass is 994 g/mol. The van der Waals surface area contributed by atoms with Crippen LogP contribution in [0.5, 0.6) is 46.0 Å². The summed E-state index contributed by atoms with van der Waals surface area (Å²) in [5.41, 5.74) is 5.17. The molecule has 75 heavy (non-hydrogen) atoms. The molecule has 0 saturated carbocycles. The molecule has 9 aromatic carbocycles. The zero-order valence-electron chi connectivity index (χ0n) is 40.6. The van der Waals surface area contributed by atoms with E-state index in [1.54, 1.807) is 36.4 Å². The minimum Gasteiger partial charge on any atom is -0.507 e. The number of rotatable bonds is 21. The van der Waals surface area contributed by atoms with Gasteiger partial charge in [0, 0.05) is 17.7 Å². The molecule has 0 atom stereocenters. The van der Waals surface area contributed by atoms with Gasteiger partial charge in [-0.05, 0) is 63.7 Å². The molecule has 0 spiro atoms. The Labute approximate surface area is 433 Å². The molecule has 0 fully saturated rings. The number of esters is 1. The summed E-state index contributed by atoms with van der Waals surface area (Å²) < 4.78 is 51.0. The van der Waals surface area contributed by atoms with Crippen molar-refractivity contribution in [1.82, 2.24) is 0 Å². The average Bonchev–Trinajstić information content (AvgIpc) is 3.46. The van der Waals surface area contributed by atoms with Gasteiger partial charge in [0.2, 0.25) is 16.9 Å². The number of phenolic OH excluding ortho intramolecular Hbond substituents is 1. The van der Waals surface area contributed by atoms with Crippen LogP contribution in [-0.2, 0) is 39.6 Å². The van der Waals surface area contributed by atoms with Crippen molar-refractivity contribution < 1.29 is 47.5 Å². The number of fused-ring (bicyclic) bond motifs is 1. The Bertz CT molecular complexity index is 3490. The van der Waals surface area contributed by atoms with Crippen molar-refractivity contribution in [2.45, 2.75) is 39.6 Å². The van der Waals surface area contributed by atoms with Gasteiger partial charge in [-0.3, -0.25) is 4.79 Å². The molecule has 1 aromatic heterocycles. The lowest BCUT2D eigenvalue weighted by Crippen LogP contribution is -2.12. The van der Waals surface area contributed by atoms with E-state index in [2.05, 4.69) is 0 Å². The van der Waals surface area contributed by atoms with Crippen LogP contribution in [0.15, 0.2) is 234 Å². The molecule has 0 aliphatic carbocycles. The first-order valence-electron chi connectivity index (χ1n) is 24.3. The number of phenols is 1. The first kappa shape index (κ1) is 48.9. The lowest BCUT2D eigenvalue weighted by Gasteiger charge is -2.19. The number of hydrogen-bond acceptors (Lipinski definition) is 11. The standard InChI is InChI=1S/C64H50O11/c65-53-36-52(68-38-44-19-7-1-8-20-44)37-56-59(53)60(66)63(73-43-49-29-17-6-18-30-49)61(74-56)50-31-32-54(55(33-50)69-39-45-21-9-2-10-22-45)75-64(67)51-34-57(70-40-46-23-11-3-12-24-46)62(72-42-48-27-15-5-16-28-48)58(35-51)71-41-47-25-13-4-14-26-47/h1-37,65H,38-43H2. The smallest absolute Gasteiger partial charge is 0.343 e. The van der Waals surface area contributed by atoms with E-state index in [0.717, 1.165) is 33.4 Å². The molecular weight excluding hydrogens is 945 g/mol. The summed E-state index contributed by atoms with van der Waals surface area (Å²) in [6.07, 6.45) is 0. The molecule has 0 unspecified atom stereocenters. The van der Waals surface area contributed by atoms with Crippen molar-refractivity contribution in [1.29, 1.82) is 0 Å². The van der Waals surface area contributed by atoms with Gasteiger partial charge in [-0.15, -0.1) is 0 Å². The number of aromatic hydroxyl groups is 1. The summed E-state index contributed by atoms with van der Waals surface area (Å²) in [6.45, 7) is 0.846. The maximum atomic E-state index is 14.7. The van der Waals surface area contributed by atoms with Crippen LogP contribution < -0.4 is 38.6 Å². The first-order valence-corrected chi connectivity index (χ1v) is 24.3. The molecule has 0 saturated heterocycles. The van der Waals surface area contributed by atoms with Crippen LogP contribution in [0.25, 0.3) is 22.3 Å². The van der Waals surface area contributed by atoms with Crippen molar-refractivity contribution >= 4 is 16.9 Å². The van der Waals surface area contributed by atoms with Crippen LogP contribution in [0.3, 0.4) is 0 Å². The normalized spacial score (nSPS) is 10.9. The fraction of sp³-hybridized carbons (Fsp3) is 0.0938. The van der Waals surface area contributed by atoms with Gasteiger partial charge in [0.05, 0.1) is 5.56 Å². The summed E-state index contributed by atoms with van der Waals surface area (Å²) in [5.74, 6) is 0.114. The molecule has 11 nitrogen and oxygen atoms in total. The van der Waals surface area contributed by atoms with Gasteiger partial charge in [0.1, 0.15) is 62.1 Å². The number of ether oxygens (including phenoxy) is 7. The zero-order valence-corrected chi connectivity index (χ0v) is 40.6. The van der Waals surface area contributed by atoms with Crippen molar-refractivity contribution in [2.75, 3.05) is 0 Å². The summed E-state index contributed by atoms with van der Waals surface area (Å²) in [7, 11) is 0. The highest BCUT2D eigenvalue weighted by atomic mass is 16.6. The van der Waals surface area contributed by atoms with Gasteiger partial charge in [0.15, 0.2) is 28.8 Å². The number of hydrogen-bond donors (Lipinski definition) is 1. The predicted octanol–water partition coefficient (Wildman–Crippen LogP) is 13.9. The van der Waals surface area contributed by atoms with E-state index in [1.165, 1.54) is 6.07 Å². The highest BCUT2D eigenvalue weighted by Gasteiger charge is 2.25. The molecule has 10 rings (SSSR count). The largest absolute Gasteiger partial charge is 0.507 e. The molecule has 372 valence electrons. The number of carbonyl (C=O) groups is 1. The second-order valence-corrected chi connectivity index (χ2v) is 17.4. The number of carbonyl (C=O) groups excluding carboxylic acids is 1. The SMILES string of the molecule is O=C(Oc1ccc(-c2oc3cc(OCc4ccccc4)cc(O)c3c(=O)c2OCc2ccccc2)cc1OCc1ccccc1)c1cc(OCc2ccccc2)c(OCc2ccccc2)c(OCc2ccccc2)c1. The quantitative estimate of drug-likeness (QED) is 0.0545. The van der Waals surface area contributed by atoms with Gasteiger partial charge < -0.3 is 42.7 Å². The minimum absolute atomic E-state index is 0.0143. The molecule has 0 radical (unpaired) electrons. The van der Waals surface area contributed by atoms with Gasteiger partial charge in [0.25, 0.3) is 0 Å². The van der Waals surface area contributed by atoms with E-state index in [0.29, 0.717) is 11.3 Å². The molecule has 1 heterocycles. The zero-order chi connectivity index (χ0) is 51.2. The molecule has 0 amide bonds. The van der Waals surface area contributed by atoms with Crippen LogP contribution in [0.1, 0.15) is 43.7 Å². The maximum absolute atomic E-state index is 14.7. The third-order valence-corrected chi connectivity index (χ3v) is 12.0. The fourth-order valence-electron chi connectivity index (χ4n) is 8.13. The molecular formula is C64H50O11. The van der Waals surface area contributed by atoms with Crippen molar-refractivity contribution in [3.05, 3.63) is 274 Å². The Morgan fingerprint density at radius 3 is 1.25 bits per heavy atom. The van der Waals surface area contributed by atoms with E-state index in [4.69, 9.17) is 37.6 Å². The van der Waals surface area contributed by atoms with Gasteiger partial charge in [-0.25, -0.2) is 4.79 Å². The number of benzene rings is 9. The first-order chi connectivity index (χ1) is 36.9. The minimum atomic E-state index is -0.751. The lowest BCUT2D eigenvalue weighted by molar-refractivity contribution is 0.0726. The maximum Gasteiger partial charge on any atom is 0.343 e. The molecule has 1 N–H and O–H groups in total. The average molecular weight is 995 g/mol. The molecule has 11 heteroatoms. The van der Waals surface area contributed by atoms with Gasteiger partial charge in [-0.2, -0.15) is 0 Å². The van der Waals surface area contributed by atoms with Crippen LogP contribution in [0, 0.1) is 0 Å². The second-order valence-electron chi connectivity index (χ2n) is 17.4. The summed E-state index contributed by atoms with van der Waals surface area (Å²) in [6, 6.07) is 68.4. The fourth-order valence-corrected chi connectivity index (χ4v) is 8.13. The summed E-state index contributed by atoms with van der Waals surface area (Å²) in [4.78, 5) is 29.2. The van der Waals surface area contributed by atoms with Gasteiger partial charge >= 0.3 is 5.97 Å². The Balaban J connectivity index is 1.04. The Morgan fingerprint density at radius 1 is 0.400 bits per heavy atom. The van der Waals surface area contributed by atoms with E-state index >= 15 is 0 Å². The summed E-state index contributed by atoms with van der Waals surface area (Å²) >= 11 is 0. The second kappa shape index (κ2) is 23.7. The van der Waals surface area contributed by atoms with Crippen LogP contribution in [-0.4, -0.2) is 11.1 Å². The van der Waals surface area contributed by atoms with Gasteiger partial charge in [-0.1, -0.05) is 182 Å². The molecule has 0 bridgehead atoms. The topological polar surface area (TPSA) is 132 Å². The van der Waals surface area contributed by atoms with E-state index in [-0.39, 0.29) is 102 Å². The highest BCUT2D eigenvalue weighted by Crippen LogP contribution is 2.43. The highest BCUT2D eigenvalue weighted by molar-refractivity contribution is 5.93. The summed E-state index contributed by atoms with van der Waals surface area (Å²) in [5, 5.41) is 11.3. The lowest BCUT2D eigenvalue weighted by atomic mass is 10.1. The van der Waals surface area contributed by atoms with E-state index < -0.39 is 11.4 Å².